The molecule has 53 heavy (non-hydrogen) atoms. The van der Waals surface area contributed by atoms with Crippen molar-refractivity contribution in [2.75, 3.05) is 48.7 Å². The minimum atomic E-state index is -5.77. The molecule has 0 aliphatic carbocycles. The molecular formula is C33H29ClF6N8O5. The van der Waals surface area contributed by atoms with Gasteiger partial charge >= 0.3 is 23.9 Å². The molecule has 20 heteroatoms. The van der Waals surface area contributed by atoms with Gasteiger partial charge in [0.25, 0.3) is 5.91 Å². The lowest BCUT2D eigenvalue weighted by Crippen LogP contribution is -2.50. The molecular weight excluding hydrogens is 738 g/mol. The van der Waals surface area contributed by atoms with Crippen molar-refractivity contribution in [3.05, 3.63) is 82.3 Å². The third-order valence-corrected chi connectivity index (χ3v) is 8.12. The number of ketones is 2. The molecule has 6 rings (SSSR count). The lowest BCUT2D eigenvalue weighted by molar-refractivity contribution is -0.193. The van der Waals surface area contributed by atoms with Gasteiger partial charge in [0.05, 0.1) is 12.7 Å². The predicted octanol–water partition coefficient (Wildman–Crippen LogP) is 5.66. The quantitative estimate of drug-likeness (QED) is 0.170. The fraction of sp³-hybridized carbons (Fsp3) is 0.303. The fourth-order valence-corrected chi connectivity index (χ4v) is 5.39. The molecule has 1 fully saturated rings. The lowest BCUT2D eigenvalue weighted by atomic mass is 10.0. The zero-order valence-corrected chi connectivity index (χ0v) is 28.3. The summed E-state index contributed by atoms with van der Waals surface area (Å²) in [5.74, 6) is -5.55. The Hall–Kier alpha value is -5.56. The van der Waals surface area contributed by atoms with E-state index >= 15 is 0 Å². The normalized spacial score (nSPS) is 14.5. The third kappa shape index (κ3) is 10.3. The third-order valence-electron chi connectivity index (χ3n) is 7.85. The molecule has 0 saturated carbocycles. The van der Waals surface area contributed by atoms with E-state index in [9.17, 15) is 45.5 Å². The maximum Gasteiger partial charge on any atom is 0.458 e. The van der Waals surface area contributed by atoms with E-state index in [2.05, 4.69) is 43.2 Å². The first-order chi connectivity index (χ1) is 25.0. The number of benzene rings is 2. The molecule has 2 aliphatic rings. The van der Waals surface area contributed by atoms with Crippen molar-refractivity contribution in [2.45, 2.75) is 32.1 Å². The highest BCUT2D eigenvalue weighted by Crippen LogP contribution is 2.30. The van der Waals surface area contributed by atoms with Crippen LogP contribution in [0.5, 0.6) is 0 Å². The zero-order valence-electron chi connectivity index (χ0n) is 27.6. The smallest absolute Gasteiger partial charge is 0.361 e. The summed E-state index contributed by atoms with van der Waals surface area (Å²) in [6, 6.07) is 15.5. The number of rotatable bonds is 5. The lowest BCUT2D eigenvalue weighted by Gasteiger charge is -2.33. The van der Waals surface area contributed by atoms with Gasteiger partial charge in [0.2, 0.25) is 11.9 Å². The Morgan fingerprint density at radius 1 is 0.887 bits per heavy atom. The first kappa shape index (κ1) is 38.7. The van der Waals surface area contributed by atoms with Gasteiger partial charge in [-0.1, -0.05) is 28.9 Å². The molecule has 2 aromatic heterocycles. The van der Waals surface area contributed by atoms with Gasteiger partial charge in [-0.05, 0) is 61.2 Å². The van der Waals surface area contributed by atoms with E-state index in [4.69, 9.17) is 16.1 Å². The number of hydrogen-bond acceptors (Lipinski definition) is 11. The summed E-state index contributed by atoms with van der Waals surface area (Å²) in [6.45, 7) is 4.22. The number of fused-ring (bicyclic) bond motifs is 6. The van der Waals surface area contributed by atoms with Crippen molar-refractivity contribution < 1.29 is 50.0 Å². The number of alkyl halides is 6. The number of halogens is 7. The predicted molar refractivity (Wildman–Crippen MR) is 178 cm³/mol. The van der Waals surface area contributed by atoms with E-state index in [-0.39, 0.29) is 18.4 Å². The largest absolute Gasteiger partial charge is 0.458 e. The molecule has 0 atom stereocenters. The summed E-state index contributed by atoms with van der Waals surface area (Å²) in [6.07, 6.45) is -8.49. The van der Waals surface area contributed by atoms with Crippen LogP contribution in [0.3, 0.4) is 0 Å². The number of hydrogen-bond donors (Lipinski definition) is 3. The van der Waals surface area contributed by atoms with Gasteiger partial charge in [0.1, 0.15) is 10.8 Å². The topological polar surface area (TPSA) is 163 Å². The summed E-state index contributed by atoms with van der Waals surface area (Å²) in [5, 5.41) is 13.9. The molecule has 13 nitrogen and oxygen atoms in total. The van der Waals surface area contributed by atoms with Crippen LogP contribution in [0.25, 0.3) is 0 Å². The van der Waals surface area contributed by atoms with Crippen molar-refractivity contribution in [3.63, 3.8) is 0 Å². The Morgan fingerprint density at radius 3 is 2.21 bits per heavy atom. The summed E-state index contributed by atoms with van der Waals surface area (Å²) < 4.78 is 72.0. The molecule has 4 heterocycles. The van der Waals surface area contributed by atoms with Crippen LogP contribution < -0.4 is 16.0 Å². The Morgan fingerprint density at radius 2 is 1.57 bits per heavy atom. The minimum Gasteiger partial charge on any atom is -0.361 e. The van der Waals surface area contributed by atoms with E-state index in [1.54, 1.807) is 24.1 Å². The van der Waals surface area contributed by atoms with Crippen molar-refractivity contribution in [3.8, 4) is 0 Å². The van der Waals surface area contributed by atoms with Crippen LogP contribution in [0.15, 0.2) is 59.3 Å². The van der Waals surface area contributed by atoms with Crippen LogP contribution in [-0.2, 0) is 27.2 Å². The Kier molecular flexibility index (Phi) is 11.7. The molecule has 2 aliphatic heterocycles. The molecule has 2 aromatic carbocycles. The number of carbonyl (C=O) groups is 4. The number of anilines is 5. The van der Waals surface area contributed by atoms with Gasteiger partial charge in [-0.2, -0.15) is 31.3 Å². The number of amides is 2. The number of nitrogens with zero attached hydrogens (tertiary/aromatic N) is 5. The minimum absolute atomic E-state index is 0.105. The average Bonchev–Trinajstić information content (AvgIpc) is 3.54. The van der Waals surface area contributed by atoms with E-state index in [1.807, 2.05) is 35.2 Å². The van der Waals surface area contributed by atoms with Crippen LogP contribution in [0.1, 0.15) is 27.4 Å². The van der Waals surface area contributed by atoms with Crippen molar-refractivity contribution in [1.82, 2.24) is 24.9 Å². The average molecular weight is 767 g/mol. The number of aromatic nitrogens is 3. The van der Waals surface area contributed by atoms with Gasteiger partial charge in [-0.15, -0.1) is 0 Å². The van der Waals surface area contributed by atoms with Gasteiger partial charge in [-0.25, -0.2) is 4.98 Å². The number of carbonyl (C=O) groups excluding carboxylic acids is 4. The molecule has 0 unspecified atom stereocenters. The van der Waals surface area contributed by atoms with E-state index < -0.39 is 23.9 Å². The number of Topliss-reactive ketones (excluding diaryl/α,β-unsaturated/α-hetero) is 2. The molecule has 1 saturated heterocycles. The second-order valence-corrected chi connectivity index (χ2v) is 12.2. The molecule has 4 aromatic rings. The van der Waals surface area contributed by atoms with Crippen LogP contribution in [-0.4, -0.2) is 93.4 Å². The second-order valence-electron chi connectivity index (χ2n) is 11.8. The van der Waals surface area contributed by atoms with Gasteiger partial charge in [0.15, 0.2) is 11.5 Å². The van der Waals surface area contributed by atoms with E-state index in [0.29, 0.717) is 60.8 Å². The van der Waals surface area contributed by atoms with E-state index in [1.165, 1.54) is 0 Å². The van der Waals surface area contributed by atoms with Crippen molar-refractivity contribution >= 4 is 63.8 Å². The SMILES string of the molecule is Cc1cc(C(=O)N2CCN(CC(=O)Nc3ccc4cc3CCc3cccc(c3)Nc3ncc(Cl)c(n3)N4)CC2)no1.O=C(C(=O)C(F)(F)F)C(F)(F)F. The van der Waals surface area contributed by atoms with Gasteiger partial charge in [0, 0.05) is 49.3 Å². The fourth-order valence-electron chi connectivity index (χ4n) is 5.25. The maximum absolute atomic E-state index is 13.1. The summed E-state index contributed by atoms with van der Waals surface area (Å²) in [7, 11) is 0. The van der Waals surface area contributed by atoms with Crippen molar-refractivity contribution in [1.29, 1.82) is 0 Å². The Labute approximate surface area is 301 Å². The molecule has 6 bridgehead atoms. The summed E-state index contributed by atoms with van der Waals surface area (Å²) >= 11 is 6.38. The molecule has 2 amide bonds. The molecule has 280 valence electrons. The zero-order chi connectivity index (χ0) is 38.5. The highest BCUT2D eigenvalue weighted by Gasteiger charge is 2.54. The summed E-state index contributed by atoms with van der Waals surface area (Å²) in [4.78, 5) is 57.6. The second kappa shape index (κ2) is 16.0. The Balaban J connectivity index is 0.000000390. The first-order valence-electron chi connectivity index (χ1n) is 15.7. The first-order valence-corrected chi connectivity index (χ1v) is 16.1. The number of nitrogens with one attached hydrogen (secondary N) is 3. The van der Waals surface area contributed by atoms with Gasteiger partial charge < -0.3 is 25.4 Å². The molecule has 0 spiro atoms. The van der Waals surface area contributed by atoms with Crippen LogP contribution >= 0.6 is 11.6 Å². The Bertz CT molecular complexity index is 1990. The van der Waals surface area contributed by atoms with Gasteiger partial charge in [-0.3, -0.25) is 24.1 Å². The molecule has 3 N–H and O–H groups in total. The van der Waals surface area contributed by atoms with Crippen LogP contribution in [0, 0.1) is 6.92 Å². The number of aryl methyl sites for hydroxylation is 3. The maximum atomic E-state index is 13.1. The monoisotopic (exact) mass is 766 g/mol. The number of piperazine rings is 1. The van der Waals surface area contributed by atoms with Crippen molar-refractivity contribution in [2.24, 2.45) is 0 Å². The summed E-state index contributed by atoms with van der Waals surface area (Å²) in [5.41, 5.74) is 4.89. The van der Waals surface area contributed by atoms with Crippen LogP contribution in [0.4, 0.5) is 55.2 Å². The van der Waals surface area contributed by atoms with E-state index in [0.717, 1.165) is 34.6 Å². The highest BCUT2D eigenvalue weighted by molar-refractivity contribution is 6.41. The van der Waals surface area contributed by atoms with Crippen LogP contribution in [0.2, 0.25) is 5.02 Å². The standard InChI is InChI=1S/C29H29ClN8O3.C4F6O2/c1-18-13-25(36-41-18)28(40)38-11-9-37(10-12-38)17-26(39)34-24-8-7-22-15-20(24)6-5-19-3-2-4-21(14-19)33-29-31-16-23(30)27(32-22)35-29;5-3(6,7)1(11)2(12)4(8,9)10/h2-4,7-8,13-16H,5-6,9-12,17H2,1H3,(H,34,39)(H2,31,32,33,35);. The molecule has 0 radical (unpaired) electrons. The highest BCUT2D eigenvalue weighted by atomic mass is 35.5.